The van der Waals surface area contributed by atoms with Crippen LogP contribution in [0.25, 0.3) is 11.1 Å². The van der Waals surface area contributed by atoms with Crippen molar-refractivity contribution in [3.63, 3.8) is 0 Å². The zero-order valence-corrected chi connectivity index (χ0v) is 12.4. The number of rotatable bonds is 4. The summed E-state index contributed by atoms with van der Waals surface area (Å²) in [5, 5.41) is 17.9. The van der Waals surface area contributed by atoms with Gasteiger partial charge in [-0.3, -0.25) is 0 Å². The van der Waals surface area contributed by atoms with Gasteiger partial charge in [-0.05, 0) is 35.4 Å². The van der Waals surface area contributed by atoms with Crippen molar-refractivity contribution in [2.75, 3.05) is 0 Å². The molecular weight excluding hydrogens is 353 g/mol. The van der Waals surface area contributed by atoms with Crippen LogP contribution in [0.2, 0.25) is 5.02 Å². The molecule has 0 unspecified atom stereocenters. The number of carbonyl (C=O) groups is 2. The van der Waals surface area contributed by atoms with Gasteiger partial charge in [0.15, 0.2) is 0 Å². The van der Waals surface area contributed by atoms with Crippen molar-refractivity contribution in [2.45, 2.75) is 6.36 Å². The number of halogens is 4. The summed E-state index contributed by atoms with van der Waals surface area (Å²) >= 11 is 5.82. The normalized spacial score (nSPS) is 11.2. The Hall–Kier alpha value is -2.74. The monoisotopic (exact) mass is 360 g/mol. The maximum atomic E-state index is 12.3. The van der Waals surface area contributed by atoms with Gasteiger partial charge in [0.2, 0.25) is 0 Å². The van der Waals surface area contributed by atoms with Gasteiger partial charge < -0.3 is 14.9 Å². The molecule has 0 aliphatic carbocycles. The number of benzene rings is 2. The topological polar surface area (TPSA) is 83.8 Å². The van der Waals surface area contributed by atoms with Crippen LogP contribution >= 0.6 is 11.6 Å². The standard InChI is InChI=1S/C15H8ClF3O5/c16-11-6-8(1-3-9(11)13(20)21)7-2-4-12(24-15(17,18)19)10(5-7)14(22)23/h1-6H,(H,20,21)(H,22,23). The van der Waals surface area contributed by atoms with E-state index in [1.807, 2.05) is 0 Å². The van der Waals surface area contributed by atoms with E-state index < -0.39 is 29.6 Å². The summed E-state index contributed by atoms with van der Waals surface area (Å²) < 4.78 is 40.6. The fourth-order valence-corrected chi connectivity index (χ4v) is 2.22. The van der Waals surface area contributed by atoms with E-state index in [4.69, 9.17) is 21.8 Å². The van der Waals surface area contributed by atoms with E-state index in [0.717, 1.165) is 12.1 Å². The molecule has 126 valence electrons. The molecule has 0 heterocycles. The molecule has 0 aliphatic heterocycles. The highest BCUT2D eigenvalue weighted by Crippen LogP contribution is 2.32. The molecule has 0 saturated heterocycles. The molecule has 0 spiro atoms. The Balaban J connectivity index is 2.49. The summed E-state index contributed by atoms with van der Waals surface area (Å²) in [4.78, 5) is 22.1. The quantitative estimate of drug-likeness (QED) is 0.849. The Morgan fingerprint density at radius 2 is 1.46 bits per heavy atom. The van der Waals surface area contributed by atoms with Crippen LogP contribution in [-0.2, 0) is 0 Å². The Morgan fingerprint density at radius 3 is 1.96 bits per heavy atom. The van der Waals surface area contributed by atoms with Gasteiger partial charge in [0.1, 0.15) is 11.3 Å². The molecule has 0 fully saturated rings. The first-order valence-electron chi connectivity index (χ1n) is 6.25. The summed E-state index contributed by atoms with van der Waals surface area (Å²) in [6, 6.07) is 6.90. The van der Waals surface area contributed by atoms with Gasteiger partial charge in [0.05, 0.1) is 10.6 Å². The summed E-state index contributed by atoms with van der Waals surface area (Å²) in [6.45, 7) is 0. The second-order valence-electron chi connectivity index (χ2n) is 4.56. The fourth-order valence-electron chi connectivity index (χ4n) is 1.96. The highest BCUT2D eigenvalue weighted by Gasteiger charge is 2.33. The van der Waals surface area contributed by atoms with Crippen molar-refractivity contribution in [1.82, 2.24) is 0 Å². The fraction of sp³-hybridized carbons (Fsp3) is 0.0667. The van der Waals surface area contributed by atoms with Crippen molar-refractivity contribution >= 4 is 23.5 Å². The number of hydrogen-bond donors (Lipinski definition) is 2. The predicted octanol–water partition coefficient (Wildman–Crippen LogP) is 4.30. The summed E-state index contributed by atoms with van der Waals surface area (Å²) in [5.41, 5.74) is -0.272. The van der Waals surface area contributed by atoms with Crippen molar-refractivity contribution in [3.8, 4) is 16.9 Å². The predicted molar refractivity (Wildman–Crippen MR) is 77.5 cm³/mol. The molecule has 2 N–H and O–H groups in total. The second-order valence-corrected chi connectivity index (χ2v) is 4.97. The van der Waals surface area contributed by atoms with Crippen LogP contribution in [0.1, 0.15) is 20.7 Å². The summed E-state index contributed by atoms with van der Waals surface area (Å²) in [6.07, 6.45) is -5.03. The minimum Gasteiger partial charge on any atom is -0.478 e. The number of alkyl halides is 3. The van der Waals surface area contributed by atoms with Crippen LogP contribution in [-0.4, -0.2) is 28.5 Å². The molecule has 2 aromatic rings. The van der Waals surface area contributed by atoms with Crippen molar-refractivity contribution in [3.05, 3.63) is 52.5 Å². The Labute approximate surface area is 137 Å². The maximum Gasteiger partial charge on any atom is 0.573 e. The molecule has 5 nitrogen and oxygen atoms in total. The van der Waals surface area contributed by atoms with Crippen molar-refractivity contribution < 1.29 is 37.7 Å². The van der Waals surface area contributed by atoms with E-state index in [1.165, 1.54) is 24.3 Å². The third-order valence-corrected chi connectivity index (χ3v) is 3.28. The van der Waals surface area contributed by atoms with E-state index in [9.17, 15) is 22.8 Å². The molecule has 0 amide bonds. The average Bonchev–Trinajstić information content (AvgIpc) is 2.45. The van der Waals surface area contributed by atoms with Crippen LogP contribution in [0.4, 0.5) is 13.2 Å². The van der Waals surface area contributed by atoms with Crippen LogP contribution in [0, 0.1) is 0 Å². The molecule has 9 heteroatoms. The van der Waals surface area contributed by atoms with Gasteiger partial charge in [0.25, 0.3) is 0 Å². The molecule has 0 aliphatic rings. The molecule has 2 aromatic carbocycles. The molecule has 0 radical (unpaired) electrons. The van der Waals surface area contributed by atoms with Crippen molar-refractivity contribution in [1.29, 1.82) is 0 Å². The van der Waals surface area contributed by atoms with Gasteiger partial charge in [-0.2, -0.15) is 0 Å². The van der Waals surface area contributed by atoms with Gasteiger partial charge in [0, 0.05) is 0 Å². The summed E-state index contributed by atoms with van der Waals surface area (Å²) in [7, 11) is 0. The molecule has 0 bridgehead atoms. The lowest BCUT2D eigenvalue weighted by Crippen LogP contribution is -2.19. The van der Waals surface area contributed by atoms with E-state index in [2.05, 4.69) is 4.74 Å². The van der Waals surface area contributed by atoms with Crippen LogP contribution in [0.5, 0.6) is 5.75 Å². The van der Waals surface area contributed by atoms with Gasteiger partial charge in [-0.25, -0.2) is 9.59 Å². The Morgan fingerprint density at radius 1 is 0.917 bits per heavy atom. The third-order valence-electron chi connectivity index (χ3n) is 2.97. The van der Waals surface area contributed by atoms with Gasteiger partial charge >= 0.3 is 18.3 Å². The second kappa shape index (κ2) is 6.40. The summed E-state index contributed by atoms with van der Waals surface area (Å²) in [5.74, 6) is -3.71. The van der Waals surface area contributed by atoms with Gasteiger partial charge in [-0.1, -0.05) is 23.7 Å². The molecule has 0 saturated carbocycles. The first-order valence-corrected chi connectivity index (χ1v) is 6.62. The van der Waals surface area contributed by atoms with Crippen LogP contribution in [0.15, 0.2) is 36.4 Å². The average molecular weight is 361 g/mol. The first kappa shape index (κ1) is 17.6. The van der Waals surface area contributed by atoms with Crippen LogP contribution < -0.4 is 4.74 Å². The first-order chi connectivity index (χ1) is 11.1. The number of hydrogen-bond acceptors (Lipinski definition) is 3. The molecule has 24 heavy (non-hydrogen) atoms. The van der Waals surface area contributed by atoms with E-state index >= 15 is 0 Å². The Bertz CT molecular complexity index is 817. The Kier molecular flexibility index (Phi) is 4.70. The zero-order chi connectivity index (χ0) is 18.1. The lowest BCUT2D eigenvalue weighted by atomic mass is 10.0. The molecule has 0 aromatic heterocycles. The SMILES string of the molecule is O=C(O)c1ccc(-c2ccc(OC(F)(F)F)c(C(=O)O)c2)cc1Cl. The zero-order valence-electron chi connectivity index (χ0n) is 11.6. The number of carboxylic acids is 2. The van der Waals surface area contributed by atoms with Gasteiger partial charge in [-0.15, -0.1) is 13.2 Å². The number of aromatic carboxylic acids is 2. The highest BCUT2D eigenvalue weighted by atomic mass is 35.5. The lowest BCUT2D eigenvalue weighted by Gasteiger charge is -2.13. The number of carboxylic acid groups (broad SMARTS) is 2. The van der Waals surface area contributed by atoms with E-state index in [-0.39, 0.29) is 16.1 Å². The largest absolute Gasteiger partial charge is 0.573 e. The molecule has 0 atom stereocenters. The van der Waals surface area contributed by atoms with E-state index in [1.54, 1.807) is 0 Å². The molecule has 2 rings (SSSR count). The lowest BCUT2D eigenvalue weighted by molar-refractivity contribution is -0.274. The number of ether oxygens (including phenoxy) is 1. The smallest absolute Gasteiger partial charge is 0.478 e. The third kappa shape index (κ3) is 3.96. The van der Waals surface area contributed by atoms with Crippen LogP contribution in [0.3, 0.4) is 0 Å². The molecular formula is C15H8ClF3O5. The van der Waals surface area contributed by atoms with E-state index in [0.29, 0.717) is 5.56 Å². The highest BCUT2D eigenvalue weighted by molar-refractivity contribution is 6.33. The minimum absolute atomic E-state index is 0.0903. The minimum atomic E-state index is -5.03. The maximum absolute atomic E-state index is 12.3. The van der Waals surface area contributed by atoms with Crippen molar-refractivity contribution in [2.24, 2.45) is 0 Å².